The van der Waals surface area contributed by atoms with Crippen LogP contribution in [-0.2, 0) is 19.7 Å². The normalized spacial score (nSPS) is 15.3. The fraction of sp³-hybridized carbons (Fsp3) is 0.452. The van der Waals surface area contributed by atoms with Gasteiger partial charge in [0.05, 0.1) is 36.6 Å². The first-order chi connectivity index (χ1) is 19.6. The number of nitrogens with one attached hydrogen (secondary N) is 1. The van der Waals surface area contributed by atoms with Crippen molar-refractivity contribution >= 4 is 29.4 Å². The van der Waals surface area contributed by atoms with Gasteiger partial charge in [-0.05, 0) is 48.7 Å². The molecule has 2 heterocycles. The molecule has 41 heavy (non-hydrogen) atoms. The number of hydrogen-bond acceptors (Lipinski definition) is 7. The third-order valence-electron chi connectivity index (χ3n) is 6.91. The van der Waals surface area contributed by atoms with Crippen LogP contribution in [-0.4, -0.2) is 68.4 Å². The lowest BCUT2D eigenvalue weighted by molar-refractivity contribution is -0.122. The molecule has 220 valence electrons. The SMILES string of the molecule is COCCCNC(=O)CN1C(=O)CSC(c2ccc(OC)c(OC)c2)c2c(C(C)(C)C)nn(-c3cccc(C)c3)c21. The molecule has 1 aliphatic rings. The minimum Gasteiger partial charge on any atom is -0.493 e. The summed E-state index contributed by atoms with van der Waals surface area (Å²) in [5.41, 5.74) is 4.28. The van der Waals surface area contributed by atoms with Gasteiger partial charge in [-0.25, -0.2) is 4.68 Å². The molecule has 0 fully saturated rings. The summed E-state index contributed by atoms with van der Waals surface area (Å²) in [7, 11) is 4.85. The van der Waals surface area contributed by atoms with Crippen molar-refractivity contribution in [3.8, 4) is 17.2 Å². The van der Waals surface area contributed by atoms with Crippen LogP contribution in [0.25, 0.3) is 5.69 Å². The average Bonchev–Trinajstić information content (AvgIpc) is 3.28. The second-order valence-corrected chi connectivity index (χ2v) is 12.2. The topological polar surface area (TPSA) is 94.9 Å². The largest absolute Gasteiger partial charge is 0.493 e. The first kappa shape index (κ1) is 30.5. The highest BCUT2D eigenvalue weighted by molar-refractivity contribution is 8.00. The fourth-order valence-electron chi connectivity index (χ4n) is 4.94. The summed E-state index contributed by atoms with van der Waals surface area (Å²) in [6.07, 6.45) is 0.689. The Morgan fingerprint density at radius 3 is 2.51 bits per heavy atom. The third-order valence-corrected chi connectivity index (χ3v) is 8.16. The van der Waals surface area contributed by atoms with E-state index in [-0.39, 0.29) is 34.8 Å². The number of nitrogens with zero attached hydrogens (tertiary/aromatic N) is 3. The Morgan fingerprint density at radius 2 is 1.85 bits per heavy atom. The van der Waals surface area contributed by atoms with E-state index in [1.54, 1.807) is 26.2 Å². The van der Waals surface area contributed by atoms with Crippen molar-refractivity contribution in [3.63, 3.8) is 0 Å². The van der Waals surface area contributed by atoms with Gasteiger partial charge < -0.3 is 19.5 Å². The van der Waals surface area contributed by atoms with E-state index in [1.807, 2.05) is 54.1 Å². The van der Waals surface area contributed by atoms with Crippen molar-refractivity contribution < 1.29 is 23.8 Å². The molecule has 2 amide bonds. The van der Waals surface area contributed by atoms with Gasteiger partial charge in [0.1, 0.15) is 12.4 Å². The van der Waals surface area contributed by atoms with Gasteiger partial charge in [0.15, 0.2) is 11.5 Å². The highest BCUT2D eigenvalue weighted by atomic mass is 32.2. The molecule has 4 rings (SSSR count). The minimum absolute atomic E-state index is 0.112. The first-order valence-corrected chi connectivity index (χ1v) is 14.7. The molecule has 9 nitrogen and oxygen atoms in total. The number of methoxy groups -OCH3 is 3. The van der Waals surface area contributed by atoms with Crippen LogP contribution in [0.2, 0.25) is 0 Å². The summed E-state index contributed by atoms with van der Waals surface area (Å²) in [6.45, 7) is 9.28. The van der Waals surface area contributed by atoms with Crippen LogP contribution in [0.4, 0.5) is 5.82 Å². The number of fused-ring (bicyclic) bond motifs is 1. The lowest BCUT2D eigenvalue weighted by Crippen LogP contribution is -2.42. The number of carbonyl (C=O) groups excluding carboxylic acids is 2. The lowest BCUT2D eigenvalue weighted by Gasteiger charge is -2.25. The molecule has 1 atom stereocenters. The van der Waals surface area contributed by atoms with Crippen molar-refractivity contribution in [2.24, 2.45) is 0 Å². The van der Waals surface area contributed by atoms with Gasteiger partial charge in [0.2, 0.25) is 11.8 Å². The van der Waals surface area contributed by atoms with E-state index in [0.29, 0.717) is 36.9 Å². The van der Waals surface area contributed by atoms with Gasteiger partial charge in [-0.2, -0.15) is 5.10 Å². The summed E-state index contributed by atoms with van der Waals surface area (Å²) in [5, 5.41) is 7.85. The van der Waals surface area contributed by atoms with E-state index in [4.69, 9.17) is 19.3 Å². The molecular weight excluding hydrogens is 540 g/mol. The summed E-state index contributed by atoms with van der Waals surface area (Å²) in [5.74, 6) is 1.66. The number of carbonyl (C=O) groups is 2. The van der Waals surface area contributed by atoms with Gasteiger partial charge >= 0.3 is 0 Å². The fourth-order valence-corrected chi connectivity index (χ4v) is 6.12. The van der Waals surface area contributed by atoms with Crippen molar-refractivity contribution in [1.82, 2.24) is 15.1 Å². The predicted molar refractivity (Wildman–Crippen MR) is 163 cm³/mol. The summed E-state index contributed by atoms with van der Waals surface area (Å²) in [4.78, 5) is 28.6. The van der Waals surface area contributed by atoms with E-state index in [9.17, 15) is 9.59 Å². The molecule has 1 N–H and O–H groups in total. The molecule has 1 unspecified atom stereocenters. The zero-order valence-electron chi connectivity index (χ0n) is 24.9. The van der Waals surface area contributed by atoms with Crippen LogP contribution in [0.5, 0.6) is 11.5 Å². The minimum atomic E-state index is -0.351. The zero-order chi connectivity index (χ0) is 29.7. The number of amides is 2. The van der Waals surface area contributed by atoms with Crippen LogP contribution < -0.4 is 19.7 Å². The summed E-state index contributed by atoms with van der Waals surface area (Å²) >= 11 is 1.53. The van der Waals surface area contributed by atoms with Crippen LogP contribution in [0, 0.1) is 6.92 Å². The second-order valence-electron chi connectivity index (χ2n) is 11.1. The molecule has 0 aliphatic carbocycles. The third kappa shape index (κ3) is 6.70. The van der Waals surface area contributed by atoms with Crippen LogP contribution >= 0.6 is 11.8 Å². The number of thioether (sulfide) groups is 1. The number of aromatic nitrogens is 2. The number of anilines is 1. The average molecular weight is 581 g/mol. The van der Waals surface area contributed by atoms with Crippen molar-refractivity contribution in [3.05, 3.63) is 64.8 Å². The van der Waals surface area contributed by atoms with Gasteiger partial charge in [0, 0.05) is 31.2 Å². The van der Waals surface area contributed by atoms with Gasteiger partial charge in [-0.15, -0.1) is 11.8 Å². The molecule has 0 saturated carbocycles. The smallest absolute Gasteiger partial charge is 0.240 e. The molecule has 2 aromatic carbocycles. The highest BCUT2D eigenvalue weighted by Crippen LogP contribution is 2.49. The van der Waals surface area contributed by atoms with Crippen LogP contribution in [0.15, 0.2) is 42.5 Å². The van der Waals surface area contributed by atoms with Crippen molar-refractivity contribution in [2.45, 2.75) is 44.8 Å². The molecule has 3 aromatic rings. The Labute approximate surface area is 246 Å². The van der Waals surface area contributed by atoms with Crippen molar-refractivity contribution in [2.75, 3.05) is 51.7 Å². The van der Waals surface area contributed by atoms with Gasteiger partial charge in [0.25, 0.3) is 0 Å². The van der Waals surface area contributed by atoms with E-state index in [1.165, 1.54) is 11.8 Å². The number of rotatable bonds is 10. The van der Waals surface area contributed by atoms with Gasteiger partial charge in [-0.1, -0.05) is 39.0 Å². The Balaban J connectivity index is 1.93. The van der Waals surface area contributed by atoms with E-state index in [2.05, 4.69) is 26.1 Å². The molecule has 0 saturated heterocycles. The predicted octanol–water partition coefficient (Wildman–Crippen LogP) is 4.82. The Morgan fingerprint density at radius 1 is 1.10 bits per heavy atom. The molecule has 0 bridgehead atoms. The maximum absolute atomic E-state index is 13.8. The maximum atomic E-state index is 13.8. The molecule has 1 aliphatic heterocycles. The quantitative estimate of drug-likeness (QED) is 0.344. The number of hydrogen-bond donors (Lipinski definition) is 1. The van der Waals surface area contributed by atoms with E-state index < -0.39 is 0 Å². The standard InChI is InChI=1S/C31H40N4O5S/c1-20-10-8-11-22(16-20)35-30-27(29(33-35)31(2,3)4)28(21-12-13-23(39-6)24(17-21)40-7)41-19-26(37)34(30)18-25(36)32-14-9-15-38-5/h8,10-13,16-17,28H,9,14-15,18-19H2,1-7H3,(H,32,36). The van der Waals surface area contributed by atoms with Crippen molar-refractivity contribution in [1.29, 1.82) is 0 Å². The Kier molecular flexibility index (Phi) is 9.65. The molecule has 0 radical (unpaired) electrons. The molecule has 10 heteroatoms. The monoisotopic (exact) mass is 580 g/mol. The first-order valence-electron chi connectivity index (χ1n) is 13.7. The van der Waals surface area contributed by atoms with Gasteiger partial charge in [-0.3, -0.25) is 14.5 Å². The van der Waals surface area contributed by atoms with Crippen LogP contribution in [0.3, 0.4) is 0 Å². The Bertz CT molecular complexity index is 1400. The van der Waals surface area contributed by atoms with E-state index in [0.717, 1.165) is 28.1 Å². The van der Waals surface area contributed by atoms with Crippen LogP contribution in [0.1, 0.15) is 54.8 Å². The van der Waals surface area contributed by atoms with E-state index >= 15 is 0 Å². The lowest BCUT2D eigenvalue weighted by atomic mass is 9.87. The summed E-state index contributed by atoms with van der Waals surface area (Å²) < 4.78 is 18.0. The zero-order valence-corrected chi connectivity index (χ0v) is 25.8. The highest BCUT2D eigenvalue weighted by Gasteiger charge is 2.40. The maximum Gasteiger partial charge on any atom is 0.240 e. The summed E-state index contributed by atoms with van der Waals surface area (Å²) in [6, 6.07) is 13.9. The second kappa shape index (κ2) is 13.0. The molecular formula is C31H40N4O5S. The Hall–Kier alpha value is -3.50. The number of ether oxygens (including phenoxy) is 3. The number of benzene rings is 2. The number of aryl methyl sites for hydroxylation is 1. The molecule has 1 aromatic heterocycles. The molecule has 0 spiro atoms.